The van der Waals surface area contributed by atoms with Gasteiger partial charge in [-0.2, -0.15) is 0 Å². The Bertz CT molecular complexity index is 103. The molecule has 0 unspecified atom stereocenters. The van der Waals surface area contributed by atoms with Crippen LogP contribution in [0, 0.1) is 0 Å². The maximum atomic E-state index is 5.17. The first-order chi connectivity index (χ1) is 5.36. The minimum atomic E-state index is -1.50. The van der Waals surface area contributed by atoms with E-state index in [0.29, 0.717) is 6.04 Å². The van der Waals surface area contributed by atoms with Crippen LogP contribution in [0.25, 0.3) is 0 Å². The molecule has 0 heterocycles. The molecule has 1 fully saturated rings. The number of hydrogen-bond acceptors (Lipinski definition) is 3. The first-order valence-corrected chi connectivity index (χ1v) is 5.70. The molecule has 1 N–H and O–H groups in total. The molecule has 0 bridgehead atoms. The molecular formula is C7H17NO2Si. The molecule has 0 amide bonds. The fourth-order valence-corrected chi connectivity index (χ4v) is 2.70. The van der Waals surface area contributed by atoms with Crippen LogP contribution in [0.4, 0.5) is 0 Å². The number of hydrogen-bond donors (Lipinski definition) is 1. The Morgan fingerprint density at radius 2 is 1.73 bits per heavy atom. The fourth-order valence-electron chi connectivity index (χ4n) is 1.52. The van der Waals surface area contributed by atoms with Gasteiger partial charge in [0.1, 0.15) is 0 Å². The van der Waals surface area contributed by atoms with Gasteiger partial charge in [-0.3, -0.25) is 4.98 Å². The Balaban J connectivity index is 2.16. The standard InChI is InChI=1S/C7H17NO2Si/c1-9-11(10-2)8-7-5-3-4-6-7/h7-8,11H,3-6H2,1-2H3. The highest BCUT2D eigenvalue weighted by Crippen LogP contribution is 2.17. The van der Waals surface area contributed by atoms with Gasteiger partial charge >= 0.3 is 9.45 Å². The van der Waals surface area contributed by atoms with Gasteiger partial charge in [-0.05, 0) is 12.8 Å². The quantitative estimate of drug-likeness (QED) is 0.632. The second kappa shape index (κ2) is 4.87. The minimum Gasteiger partial charge on any atom is -0.388 e. The van der Waals surface area contributed by atoms with Crippen molar-refractivity contribution in [2.45, 2.75) is 31.7 Å². The highest BCUT2D eigenvalue weighted by Gasteiger charge is 2.20. The summed E-state index contributed by atoms with van der Waals surface area (Å²) in [6.07, 6.45) is 5.28. The zero-order valence-corrected chi connectivity index (χ0v) is 8.45. The fraction of sp³-hybridized carbons (Fsp3) is 1.00. The zero-order chi connectivity index (χ0) is 8.10. The molecule has 0 aromatic rings. The molecule has 3 nitrogen and oxygen atoms in total. The summed E-state index contributed by atoms with van der Waals surface area (Å²) in [5.74, 6) is 0. The average Bonchev–Trinajstić information content (AvgIpc) is 2.52. The van der Waals surface area contributed by atoms with Crippen LogP contribution in [-0.4, -0.2) is 29.7 Å². The molecule has 1 aliphatic rings. The molecule has 0 radical (unpaired) electrons. The Morgan fingerprint density at radius 1 is 1.18 bits per heavy atom. The van der Waals surface area contributed by atoms with Crippen LogP contribution in [0.5, 0.6) is 0 Å². The SMILES string of the molecule is CO[SiH](NC1CCCC1)OC. The molecule has 1 rings (SSSR count). The summed E-state index contributed by atoms with van der Waals surface area (Å²) in [4.78, 5) is 3.41. The molecule has 66 valence electrons. The lowest BCUT2D eigenvalue weighted by atomic mass is 10.3. The van der Waals surface area contributed by atoms with Crippen molar-refractivity contribution in [2.24, 2.45) is 0 Å². The number of nitrogens with one attached hydrogen (secondary N) is 1. The first kappa shape index (κ1) is 9.19. The average molecular weight is 175 g/mol. The van der Waals surface area contributed by atoms with E-state index in [9.17, 15) is 0 Å². The maximum Gasteiger partial charge on any atom is 0.407 e. The Hall–Kier alpha value is 0.0969. The van der Waals surface area contributed by atoms with Crippen molar-refractivity contribution in [3.05, 3.63) is 0 Å². The summed E-state index contributed by atoms with van der Waals surface area (Å²) >= 11 is 0. The van der Waals surface area contributed by atoms with Crippen LogP contribution < -0.4 is 4.98 Å². The summed E-state index contributed by atoms with van der Waals surface area (Å²) < 4.78 is 10.3. The Morgan fingerprint density at radius 3 is 2.18 bits per heavy atom. The van der Waals surface area contributed by atoms with E-state index in [1.54, 1.807) is 14.2 Å². The van der Waals surface area contributed by atoms with Crippen molar-refractivity contribution in [1.82, 2.24) is 4.98 Å². The normalized spacial score (nSPS) is 19.9. The molecule has 0 saturated heterocycles. The van der Waals surface area contributed by atoms with Gasteiger partial charge in [-0.25, -0.2) is 0 Å². The van der Waals surface area contributed by atoms with Gasteiger partial charge in [0.15, 0.2) is 0 Å². The molecule has 1 aliphatic carbocycles. The second-order valence-corrected chi connectivity index (χ2v) is 4.89. The maximum absolute atomic E-state index is 5.17. The molecule has 4 heteroatoms. The molecule has 0 aromatic heterocycles. The van der Waals surface area contributed by atoms with Crippen LogP contribution in [0.1, 0.15) is 25.7 Å². The van der Waals surface area contributed by atoms with E-state index in [2.05, 4.69) is 4.98 Å². The van der Waals surface area contributed by atoms with Crippen molar-refractivity contribution in [2.75, 3.05) is 14.2 Å². The molecule has 0 aromatic carbocycles. The van der Waals surface area contributed by atoms with Gasteiger partial charge in [0.05, 0.1) is 0 Å². The van der Waals surface area contributed by atoms with E-state index >= 15 is 0 Å². The van der Waals surface area contributed by atoms with E-state index < -0.39 is 9.45 Å². The van der Waals surface area contributed by atoms with E-state index in [1.165, 1.54) is 25.7 Å². The van der Waals surface area contributed by atoms with Crippen molar-refractivity contribution in [3.63, 3.8) is 0 Å². The Kier molecular flexibility index (Phi) is 4.07. The van der Waals surface area contributed by atoms with Crippen LogP contribution in [0.2, 0.25) is 0 Å². The molecule has 0 atom stereocenters. The summed E-state index contributed by atoms with van der Waals surface area (Å²) in [5, 5.41) is 0. The number of rotatable bonds is 4. The lowest BCUT2D eigenvalue weighted by Crippen LogP contribution is -2.43. The monoisotopic (exact) mass is 175 g/mol. The van der Waals surface area contributed by atoms with Crippen LogP contribution in [0.3, 0.4) is 0 Å². The summed E-state index contributed by atoms with van der Waals surface area (Å²) in [6, 6.07) is 0.659. The van der Waals surface area contributed by atoms with Gasteiger partial charge in [-0.1, -0.05) is 12.8 Å². The van der Waals surface area contributed by atoms with E-state index in [4.69, 9.17) is 8.85 Å². The van der Waals surface area contributed by atoms with E-state index in [-0.39, 0.29) is 0 Å². The highest BCUT2D eigenvalue weighted by atomic mass is 28.3. The van der Waals surface area contributed by atoms with E-state index in [0.717, 1.165) is 0 Å². The summed E-state index contributed by atoms with van der Waals surface area (Å²) in [7, 11) is 1.93. The van der Waals surface area contributed by atoms with Gasteiger partial charge < -0.3 is 8.85 Å². The molecule has 0 aliphatic heterocycles. The second-order valence-electron chi connectivity index (χ2n) is 2.95. The highest BCUT2D eigenvalue weighted by molar-refractivity contribution is 6.41. The van der Waals surface area contributed by atoms with Crippen LogP contribution in [-0.2, 0) is 8.85 Å². The molecule has 11 heavy (non-hydrogen) atoms. The van der Waals surface area contributed by atoms with Gasteiger partial charge in [-0.15, -0.1) is 0 Å². The molecule has 1 saturated carbocycles. The first-order valence-electron chi connectivity index (χ1n) is 4.18. The predicted octanol–water partition coefficient (Wildman–Crippen LogP) is 0.529. The van der Waals surface area contributed by atoms with E-state index in [1.807, 2.05) is 0 Å². The topological polar surface area (TPSA) is 30.5 Å². The third kappa shape index (κ3) is 2.90. The smallest absolute Gasteiger partial charge is 0.388 e. The third-order valence-electron chi connectivity index (χ3n) is 2.16. The van der Waals surface area contributed by atoms with Crippen molar-refractivity contribution >= 4 is 9.45 Å². The van der Waals surface area contributed by atoms with Gasteiger partial charge in [0.2, 0.25) is 0 Å². The lowest BCUT2D eigenvalue weighted by molar-refractivity contribution is 0.258. The Labute approximate surface area is 70.0 Å². The van der Waals surface area contributed by atoms with Crippen LogP contribution >= 0.6 is 0 Å². The zero-order valence-electron chi connectivity index (χ0n) is 7.30. The minimum absolute atomic E-state index is 0.659. The summed E-state index contributed by atoms with van der Waals surface area (Å²) in [5.41, 5.74) is 0. The van der Waals surface area contributed by atoms with Crippen molar-refractivity contribution < 1.29 is 8.85 Å². The van der Waals surface area contributed by atoms with Gasteiger partial charge in [0, 0.05) is 20.3 Å². The van der Waals surface area contributed by atoms with Crippen molar-refractivity contribution in [3.8, 4) is 0 Å². The van der Waals surface area contributed by atoms with Gasteiger partial charge in [0.25, 0.3) is 0 Å². The lowest BCUT2D eigenvalue weighted by Gasteiger charge is -2.17. The van der Waals surface area contributed by atoms with Crippen LogP contribution in [0.15, 0.2) is 0 Å². The largest absolute Gasteiger partial charge is 0.407 e. The third-order valence-corrected chi connectivity index (χ3v) is 3.75. The van der Waals surface area contributed by atoms with Crippen molar-refractivity contribution in [1.29, 1.82) is 0 Å². The summed E-state index contributed by atoms with van der Waals surface area (Å²) in [6.45, 7) is 0. The molecule has 0 spiro atoms. The molecular weight excluding hydrogens is 158 g/mol. The predicted molar refractivity (Wildman–Crippen MR) is 46.6 cm³/mol.